The molecule has 1 aromatic heterocycles. The lowest BCUT2D eigenvalue weighted by molar-refractivity contribution is -0.115. The van der Waals surface area contributed by atoms with Gasteiger partial charge in [0.1, 0.15) is 5.82 Å². The Bertz CT molecular complexity index is 1460. The minimum Gasteiger partial charge on any atom is -0.391 e. The van der Waals surface area contributed by atoms with Crippen molar-refractivity contribution in [3.63, 3.8) is 0 Å². The van der Waals surface area contributed by atoms with Crippen LogP contribution in [0.4, 0.5) is 21.5 Å². The molecule has 0 aliphatic carbocycles. The number of nitrogens with one attached hydrogen (secondary N) is 1. The molecule has 6 rings (SSSR count). The van der Waals surface area contributed by atoms with Crippen LogP contribution in [0.25, 0.3) is 16.8 Å². The molecule has 180 valence electrons. The maximum absolute atomic E-state index is 13.6. The van der Waals surface area contributed by atoms with Gasteiger partial charge in [-0.3, -0.25) is 9.79 Å². The molecule has 4 aromatic rings. The van der Waals surface area contributed by atoms with Crippen LogP contribution in [0.3, 0.4) is 0 Å². The minimum absolute atomic E-state index is 0.131. The number of carbonyl (C=O) groups excluding carboxylic acids is 1. The number of aromatic nitrogens is 2. The third kappa shape index (κ3) is 4.27. The molecule has 2 aliphatic rings. The van der Waals surface area contributed by atoms with Crippen molar-refractivity contribution in [2.75, 3.05) is 23.3 Å². The average molecular weight is 482 g/mol. The summed E-state index contributed by atoms with van der Waals surface area (Å²) in [7, 11) is 0. The molecular weight excluding hydrogens is 457 g/mol. The van der Waals surface area contributed by atoms with Gasteiger partial charge in [0.2, 0.25) is 5.91 Å². The fourth-order valence-corrected chi connectivity index (χ4v) is 4.81. The summed E-state index contributed by atoms with van der Waals surface area (Å²) in [4.78, 5) is 24.1. The Labute approximate surface area is 207 Å². The molecule has 0 saturated carbocycles. The average Bonchev–Trinajstić information content (AvgIpc) is 3.54. The molecule has 3 aromatic carbocycles. The molecule has 0 spiro atoms. The molecule has 0 bridgehead atoms. The standard InChI is InChI=1S/C28H24FN5O2/c29-20-6-4-18(5-7-20)23-13-25-26(14-27(23)33-10-8-22(35)16-33)31-24(15-28(36)32-25)19-2-1-3-21(12-19)34-11-9-30-17-34/h1-7,9,11-14,17,22,35H,8,10,15-16H2,(H,32,36)/t22-/m1/s1. The van der Waals surface area contributed by atoms with E-state index in [9.17, 15) is 14.3 Å². The van der Waals surface area contributed by atoms with Gasteiger partial charge in [-0.25, -0.2) is 9.37 Å². The number of rotatable bonds is 4. The van der Waals surface area contributed by atoms with E-state index in [4.69, 9.17) is 4.99 Å². The molecule has 1 atom stereocenters. The summed E-state index contributed by atoms with van der Waals surface area (Å²) < 4.78 is 15.5. The van der Waals surface area contributed by atoms with E-state index in [-0.39, 0.29) is 18.1 Å². The quantitative estimate of drug-likeness (QED) is 0.442. The SMILES string of the molecule is O=C1CC(c2cccc(-n3ccnc3)c2)=Nc2cc(N3CC[C@@H](O)C3)c(-c3ccc(F)cc3)cc2N1. The first-order valence-corrected chi connectivity index (χ1v) is 11.9. The zero-order valence-corrected chi connectivity index (χ0v) is 19.4. The fourth-order valence-electron chi connectivity index (χ4n) is 4.81. The predicted molar refractivity (Wildman–Crippen MR) is 138 cm³/mol. The molecule has 3 heterocycles. The summed E-state index contributed by atoms with van der Waals surface area (Å²) in [5, 5.41) is 13.2. The van der Waals surface area contributed by atoms with Gasteiger partial charge in [0.05, 0.1) is 35.9 Å². The number of imidazole rings is 1. The zero-order chi connectivity index (χ0) is 24.6. The van der Waals surface area contributed by atoms with Gasteiger partial charge >= 0.3 is 0 Å². The number of aliphatic hydroxyl groups is 1. The van der Waals surface area contributed by atoms with E-state index in [1.807, 2.05) is 47.2 Å². The zero-order valence-electron chi connectivity index (χ0n) is 19.4. The van der Waals surface area contributed by atoms with Crippen LogP contribution in [-0.4, -0.2) is 45.5 Å². The normalized spacial score (nSPS) is 17.4. The molecule has 2 N–H and O–H groups in total. The van der Waals surface area contributed by atoms with Crippen LogP contribution in [0.15, 0.2) is 84.4 Å². The fraction of sp³-hybridized carbons (Fsp3) is 0.179. The maximum atomic E-state index is 13.6. The van der Waals surface area contributed by atoms with E-state index >= 15 is 0 Å². The number of β-amino-alcohol motifs (C(OH)–C–C–N with tert-alkyl or cyclic N) is 1. The lowest BCUT2D eigenvalue weighted by Gasteiger charge is -2.23. The monoisotopic (exact) mass is 481 g/mol. The summed E-state index contributed by atoms with van der Waals surface area (Å²) in [5.74, 6) is -0.470. The van der Waals surface area contributed by atoms with Crippen LogP contribution in [0.1, 0.15) is 18.4 Å². The van der Waals surface area contributed by atoms with Crippen LogP contribution < -0.4 is 10.2 Å². The Morgan fingerprint density at radius 3 is 2.67 bits per heavy atom. The second kappa shape index (κ2) is 9.05. The number of halogens is 1. The van der Waals surface area contributed by atoms with E-state index in [1.165, 1.54) is 12.1 Å². The van der Waals surface area contributed by atoms with Crippen LogP contribution in [0.5, 0.6) is 0 Å². The van der Waals surface area contributed by atoms with Gasteiger partial charge in [0.25, 0.3) is 0 Å². The number of benzene rings is 3. The Balaban J connectivity index is 1.48. The van der Waals surface area contributed by atoms with Gasteiger partial charge in [-0.1, -0.05) is 24.3 Å². The summed E-state index contributed by atoms with van der Waals surface area (Å²) in [6.45, 7) is 1.20. The number of carbonyl (C=O) groups is 1. The molecule has 1 saturated heterocycles. The van der Waals surface area contributed by atoms with Crippen molar-refractivity contribution in [2.24, 2.45) is 4.99 Å². The first-order chi connectivity index (χ1) is 17.5. The van der Waals surface area contributed by atoms with Gasteiger partial charge in [-0.05, 0) is 53.9 Å². The second-order valence-electron chi connectivity index (χ2n) is 9.09. The van der Waals surface area contributed by atoms with Crippen molar-refractivity contribution in [1.82, 2.24) is 9.55 Å². The van der Waals surface area contributed by atoms with E-state index < -0.39 is 6.10 Å². The highest BCUT2D eigenvalue weighted by Gasteiger charge is 2.26. The molecule has 2 aliphatic heterocycles. The van der Waals surface area contributed by atoms with Crippen LogP contribution >= 0.6 is 0 Å². The molecule has 1 fully saturated rings. The Hall–Kier alpha value is -4.30. The van der Waals surface area contributed by atoms with E-state index in [1.54, 1.807) is 24.7 Å². The maximum Gasteiger partial charge on any atom is 0.230 e. The molecular formula is C28H24FN5O2. The first-order valence-electron chi connectivity index (χ1n) is 11.9. The lowest BCUT2D eigenvalue weighted by atomic mass is 10.0. The van der Waals surface area contributed by atoms with Crippen LogP contribution in [-0.2, 0) is 4.79 Å². The van der Waals surface area contributed by atoms with Gasteiger partial charge in [-0.2, -0.15) is 0 Å². The van der Waals surface area contributed by atoms with Gasteiger partial charge < -0.3 is 19.9 Å². The highest BCUT2D eigenvalue weighted by molar-refractivity contribution is 6.17. The summed E-state index contributed by atoms with van der Waals surface area (Å²) in [6, 6.07) is 18.0. The Morgan fingerprint density at radius 1 is 1.06 bits per heavy atom. The van der Waals surface area contributed by atoms with E-state index in [0.717, 1.165) is 28.1 Å². The number of hydrogen-bond acceptors (Lipinski definition) is 5. The van der Waals surface area contributed by atoms with E-state index in [0.29, 0.717) is 36.6 Å². The topological polar surface area (TPSA) is 82.8 Å². The third-order valence-electron chi connectivity index (χ3n) is 6.61. The summed E-state index contributed by atoms with van der Waals surface area (Å²) >= 11 is 0. The molecule has 36 heavy (non-hydrogen) atoms. The van der Waals surface area contributed by atoms with Crippen molar-refractivity contribution >= 4 is 28.7 Å². The molecule has 1 amide bonds. The Morgan fingerprint density at radius 2 is 1.92 bits per heavy atom. The van der Waals surface area contributed by atoms with Crippen LogP contribution in [0.2, 0.25) is 0 Å². The molecule has 0 unspecified atom stereocenters. The highest BCUT2D eigenvalue weighted by Crippen LogP contribution is 2.42. The molecule has 8 heteroatoms. The number of hydrogen-bond donors (Lipinski definition) is 2. The van der Waals surface area contributed by atoms with Crippen molar-refractivity contribution in [3.8, 4) is 16.8 Å². The summed E-state index contributed by atoms with van der Waals surface area (Å²) in [5.41, 5.74) is 6.25. The van der Waals surface area contributed by atoms with E-state index in [2.05, 4.69) is 15.2 Å². The summed E-state index contributed by atoms with van der Waals surface area (Å²) in [6.07, 6.45) is 5.70. The van der Waals surface area contributed by atoms with Gasteiger partial charge in [0, 0.05) is 42.4 Å². The number of aliphatic hydroxyl groups excluding tert-OH is 1. The number of fused-ring (bicyclic) bond motifs is 1. The van der Waals surface area contributed by atoms with Crippen molar-refractivity contribution in [2.45, 2.75) is 18.9 Å². The number of anilines is 2. The number of nitrogens with zero attached hydrogens (tertiary/aromatic N) is 4. The van der Waals surface area contributed by atoms with Crippen molar-refractivity contribution < 1.29 is 14.3 Å². The number of amides is 1. The van der Waals surface area contributed by atoms with Gasteiger partial charge in [-0.15, -0.1) is 0 Å². The smallest absolute Gasteiger partial charge is 0.230 e. The van der Waals surface area contributed by atoms with Crippen molar-refractivity contribution in [1.29, 1.82) is 0 Å². The highest BCUT2D eigenvalue weighted by atomic mass is 19.1. The van der Waals surface area contributed by atoms with Gasteiger partial charge in [0.15, 0.2) is 0 Å². The van der Waals surface area contributed by atoms with Crippen molar-refractivity contribution in [3.05, 3.63) is 90.8 Å². The number of aliphatic imine (C=N–C) groups is 1. The largest absolute Gasteiger partial charge is 0.391 e. The lowest BCUT2D eigenvalue weighted by Crippen LogP contribution is -2.22. The molecule has 7 nitrogen and oxygen atoms in total. The second-order valence-corrected chi connectivity index (χ2v) is 9.09. The predicted octanol–water partition coefficient (Wildman–Crippen LogP) is 4.71. The first kappa shape index (κ1) is 22.2. The third-order valence-corrected chi connectivity index (χ3v) is 6.61. The van der Waals surface area contributed by atoms with Crippen LogP contribution in [0, 0.1) is 5.82 Å². The Kier molecular flexibility index (Phi) is 5.58. The minimum atomic E-state index is -0.408. The molecule has 0 radical (unpaired) electrons.